The van der Waals surface area contributed by atoms with Crippen LogP contribution in [0, 0.1) is 0 Å². The first-order valence-electron chi connectivity index (χ1n) is 6.65. The van der Waals surface area contributed by atoms with E-state index in [0.717, 1.165) is 6.26 Å². The minimum atomic E-state index is -3.43. The van der Waals surface area contributed by atoms with Gasteiger partial charge in [-0.05, 0) is 17.7 Å². The van der Waals surface area contributed by atoms with E-state index in [9.17, 15) is 13.5 Å². The van der Waals surface area contributed by atoms with E-state index in [0.29, 0.717) is 28.8 Å². The Kier molecular flexibility index (Phi) is 5.71. The van der Waals surface area contributed by atoms with Crippen LogP contribution in [0.25, 0.3) is 0 Å². The van der Waals surface area contributed by atoms with Gasteiger partial charge in [0.15, 0.2) is 0 Å². The second kappa shape index (κ2) is 7.00. The minimum Gasteiger partial charge on any atom is -0.384 e. The Morgan fingerprint density at radius 2 is 2.18 bits per heavy atom. The third-order valence-corrected chi connectivity index (χ3v) is 4.78. The van der Waals surface area contributed by atoms with Crippen LogP contribution in [0.5, 0.6) is 0 Å². The highest BCUT2D eigenvalue weighted by molar-refractivity contribution is 7.88. The molecule has 1 aromatic carbocycles. The molecule has 0 aliphatic carbocycles. The number of nitrogens with one attached hydrogen (secondary N) is 2. The summed E-state index contributed by atoms with van der Waals surface area (Å²) >= 11 is 11.9. The van der Waals surface area contributed by atoms with Crippen molar-refractivity contribution in [3.63, 3.8) is 0 Å². The maximum absolute atomic E-state index is 11.3. The Bertz CT molecular complexity index is 641. The van der Waals surface area contributed by atoms with Crippen molar-refractivity contribution < 1.29 is 18.3 Å². The number of sulfonamides is 1. The van der Waals surface area contributed by atoms with Crippen LogP contribution in [-0.2, 0) is 14.8 Å². The van der Waals surface area contributed by atoms with Crippen LogP contribution in [0.2, 0.25) is 10.0 Å². The van der Waals surface area contributed by atoms with Crippen molar-refractivity contribution in [3.8, 4) is 0 Å². The highest BCUT2D eigenvalue weighted by atomic mass is 35.5. The molecule has 2 rings (SSSR count). The second-order valence-corrected chi connectivity index (χ2v) is 7.95. The molecule has 1 fully saturated rings. The summed E-state index contributed by atoms with van der Waals surface area (Å²) in [4.78, 5) is 0. The largest absolute Gasteiger partial charge is 0.384 e. The van der Waals surface area contributed by atoms with Crippen molar-refractivity contribution in [1.82, 2.24) is 10.0 Å². The minimum absolute atomic E-state index is 0.177. The molecule has 0 radical (unpaired) electrons. The summed E-state index contributed by atoms with van der Waals surface area (Å²) in [7, 11) is -3.43. The first-order valence-corrected chi connectivity index (χ1v) is 9.30. The molecule has 0 bridgehead atoms. The smallest absolute Gasteiger partial charge is 0.208 e. The summed E-state index contributed by atoms with van der Waals surface area (Å²) in [6.07, 6.45) is 0.307. The van der Waals surface area contributed by atoms with Crippen LogP contribution in [0.1, 0.15) is 11.7 Å². The van der Waals surface area contributed by atoms with Crippen molar-refractivity contribution in [3.05, 3.63) is 33.8 Å². The molecule has 22 heavy (non-hydrogen) atoms. The summed E-state index contributed by atoms with van der Waals surface area (Å²) in [5.41, 5.74) is -0.813. The fourth-order valence-electron chi connectivity index (χ4n) is 2.29. The van der Waals surface area contributed by atoms with Gasteiger partial charge in [0.1, 0.15) is 11.7 Å². The maximum Gasteiger partial charge on any atom is 0.208 e. The average molecular weight is 369 g/mol. The molecular formula is C13H18Cl2N2O4S. The molecule has 6 nitrogen and oxygen atoms in total. The van der Waals surface area contributed by atoms with Gasteiger partial charge in [-0.1, -0.05) is 29.3 Å². The van der Waals surface area contributed by atoms with Gasteiger partial charge in [0.2, 0.25) is 10.0 Å². The highest BCUT2D eigenvalue weighted by Crippen LogP contribution is 2.34. The van der Waals surface area contributed by atoms with Crippen LogP contribution in [-0.4, -0.2) is 51.6 Å². The first-order chi connectivity index (χ1) is 10.2. The quantitative estimate of drug-likeness (QED) is 0.735. The van der Waals surface area contributed by atoms with Crippen molar-refractivity contribution in [1.29, 1.82) is 0 Å². The van der Waals surface area contributed by atoms with Crippen LogP contribution >= 0.6 is 23.2 Å². The highest BCUT2D eigenvalue weighted by Gasteiger charge is 2.40. The SMILES string of the molecule is CS(=O)(=O)NCC1(O)CNCCOC1c1ccc(Cl)c(Cl)c1. The maximum atomic E-state index is 11.3. The molecule has 0 amide bonds. The molecule has 0 saturated carbocycles. The Hall–Kier alpha value is -0.410. The molecule has 0 aromatic heterocycles. The normalized spacial score (nSPS) is 26.6. The lowest BCUT2D eigenvalue weighted by atomic mass is 9.91. The summed E-state index contributed by atoms with van der Waals surface area (Å²) < 4.78 is 30.7. The number of hydrogen-bond acceptors (Lipinski definition) is 5. The van der Waals surface area contributed by atoms with E-state index in [-0.39, 0.29) is 13.1 Å². The lowest BCUT2D eigenvalue weighted by Crippen LogP contribution is -2.52. The van der Waals surface area contributed by atoms with Gasteiger partial charge in [0.05, 0.1) is 22.9 Å². The van der Waals surface area contributed by atoms with E-state index in [1.54, 1.807) is 18.2 Å². The number of aliphatic hydroxyl groups is 1. The molecule has 9 heteroatoms. The Morgan fingerprint density at radius 1 is 1.45 bits per heavy atom. The van der Waals surface area contributed by atoms with E-state index < -0.39 is 21.7 Å². The fourth-order valence-corrected chi connectivity index (χ4v) is 3.11. The molecule has 2 unspecified atom stereocenters. The van der Waals surface area contributed by atoms with Gasteiger partial charge in [-0.25, -0.2) is 13.1 Å². The van der Waals surface area contributed by atoms with Gasteiger partial charge < -0.3 is 15.2 Å². The molecule has 3 N–H and O–H groups in total. The predicted octanol–water partition coefficient (Wildman–Crippen LogP) is 0.935. The molecule has 0 spiro atoms. The van der Waals surface area contributed by atoms with Crippen molar-refractivity contribution >= 4 is 33.2 Å². The van der Waals surface area contributed by atoms with Gasteiger partial charge in [-0.3, -0.25) is 0 Å². The molecular weight excluding hydrogens is 351 g/mol. The predicted molar refractivity (Wildman–Crippen MR) is 85.8 cm³/mol. The summed E-state index contributed by atoms with van der Waals surface area (Å²) in [6.45, 7) is 0.940. The first kappa shape index (κ1) is 17.9. The molecule has 124 valence electrons. The Morgan fingerprint density at radius 3 is 2.82 bits per heavy atom. The third kappa shape index (κ3) is 4.55. The van der Waals surface area contributed by atoms with Gasteiger partial charge in [0, 0.05) is 19.6 Å². The van der Waals surface area contributed by atoms with Crippen molar-refractivity contribution in [2.24, 2.45) is 0 Å². The monoisotopic (exact) mass is 368 g/mol. The molecule has 1 saturated heterocycles. The number of hydrogen-bond donors (Lipinski definition) is 3. The van der Waals surface area contributed by atoms with Crippen LogP contribution in [0.15, 0.2) is 18.2 Å². The average Bonchev–Trinajstić information content (AvgIpc) is 2.62. The number of benzene rings is 1. The summed E-state index contributed by atoms with van der Waals surface area (Å²) in [5.74, 6) is 0. The lowest BCUT2D eigenvalue weighted by Gasteiger charge is -2.34. The van der Waals surface area contributed by atoms with Gasteiger partial charge in [0.25, 0.3) is 0 Å². The van der Waals surface area contributed by atoms with E-state index in [2.05, 4.69) is 10.0 Å². The molecule has 1 aromatic rings. The molecule has 1 aliphatic rings. The molecule has 2 atom stereocenters. The van der Waals surface area contributed by atoms with Crippen LogP contribution < -0.4 is 10.0 Å². The van der Waals surface area contributed by atoms with Crippen LogP contribution in [0.4, 0.5) is 0 Å². The second-order valence-electron chi connectivity index (χ2n) is 5.30. The van der Waals surface area contributed by atoms with E-state index in [1.807, 2.05) is 0 Å². The zero-order chi connectivity index (χ0) is 16.4. The zero-order valence-electron chi connectivity index (χ0n) is 12.0. The van der Waals surface area contributed by atoms with Crippen molar-refractivity contribution in [2.75, 3.05) is 32.5 Å². The topological polar surface area (TPSA) is 87.7 Å². The van der Waals surface area contributed by atoms with E-state index in [1.165, 1.54) is 0 Å². The fraction of sp³-hybridized carbons (Fsp3) is 0.538. The Labute approximate surface area is 139 Å². The van der Waals surface area contributed by atoms with Crippen LogP contribution in [0.3, 0.4) is 0 Å². The molecule has 1 heterocycles. The molecule has 1 aliphatic heterocycles. The van der Waals surface area contributed by atoms with E-state index >= 15 is 0 Å². The summed E-state index contributed by atoms with van der Waals surface area (Å²) in [5, 5.41) is 14.7. The van der Waals surface area contributed by atoms with E-state index in [4.69, 9.17) is 27.9 Å². The van der Waals surface area contributed by atoms with Gasteiger partial charge >= 0.3 is 0 Å². The number of β-amino-alcohol motifs (C(OH)–C–C–N with tert-alkyl or cyclic N) is 1. The standard InChI is InChI=1S/C13H18Cl2N2O4S/c1-22(19,20)17-8-13(18)7-16-4-5-21-12(13)9-2-3-10(14)11(15)6-9/h2-3,6,12,16-18H,4-5,7-8H2,1H3. The summed E-state index contributed by atoms with van der Waals surface area (Å²) in [6, 6.07) is 4.94. The number of ether oxygens (including phenoxy) is 1. The zero-order valence-corrected chi connectivity index (χ0v) is 14.3. The number of rotatable bonds is 4. The van der Waals surface area contributed by atoms with Gasteiger partial charge in [-0.2, -0.15) is 0 Å². The Balaban J connectivity index is 2.32. The third-order valence-electron chi connectivity index (χ3n) is 3.37. The lowest BCUT2D eigenvalue weighted by molar-refractivity contribution is -0.0908. The van der Waals surface area contributed by atoms with Gasteiger partial charge in [-0.15, -0.1) is 0 Å². The number of halogens is 2. The van der Waals surface area contributed by atoms with Crippen molar-refractivity contribution in [2.45, 2.75) is 11.7 Å².